The van der Waals surface area contributed by atoms with Gasteiger partial charge in [-0.15, -0.1) is 0 Å². The minimum Gasteiger partial charge on any atom is -0.491 e. The molecule has 0 radical (unpaired) electrons. The number of likely N-dealkylation sites (tertiary alicyclic amines) is 1. The maximum absolute atomic E-state index is 5.81. The van der Waals surface area contributed by atoms with Gasteiger partial charge in [-0.1, -0.05) is 24.3 Å². The Hall–Kier alpha value is -2.15. The Kier molecular flexibility index (Phi) is 8.56. The second-order valence-electron chi connectivity index (χ2n) is 8.56. The Balaban J connectivity index is 1.08. The molecule has 1 aromatic heterocycles. The molecule has 0 spiro atoms. The monoisotopic (exact) mass is 424 g/mol. The third kappa shape index (κ3) is 7.20. The van der Waals surface area contributed by atoms with E-state index in [1.807, 2.05) is 42.6 Å². The third-order valence-electron chi connectivity index (χ3n) is 6.26. The van der Waals surface area contributed by atoms with Crippen LogP contribution >= 0.6 is 0 Å². The molecule has 0 amide bonds. The van der Waals surface area contributed by atoms with Crippen LogP contribution in [-0.2, 0) is 4.74 Å². The number of hydrogen-bond acceptors (Lipinski definition) is 6. The molecule has 1 aromatic carbocycles. The summed E-state index contributed by atoms with van der Waals surface area (Å²) >= 11 is 0. The summed E-state index contributed by atoms with van der Waals surface area (Å²) in [6, 6.07) is 16.1. The van der Waals surface area contributed by atoms with E-state index in [4.69, 9.17) is 9.47 Å². The highest BCUT2D eigenvalue weighted by Crippen LogP contribution is 2.19. The number of aromatic nitrogens is 1. The Morgan fingerprint density at radius 3 is 2.48 bits per heavy atom. The Morgan fingerprint density at radius 1 is 0.839 bits per heavy atom. The molecule has 2 saturated heterocycles. The van der Waals surface area contributed by atoms with Crippen molar-refractivity contribution in [2.24, 2.45) is 5.92 Å². The van der Waals surface area contributed by atoms with Crippen molar-refractivity contribution in [3.05, 3.63) is 54.7 Å². The lowest BCUT2D eigenvalue weighted by Crippen LogP contribution is -2.50. The van der Waals surface area contributed by atoms with Crippen molar-refractivity contribution in [1.29, 1.82) is 0 Å². The van der Waals surface area contributed by atoms with Gasteiger partial charge in [-0.05, 0) is 49.6 Å². The van der Waals surface area contributed by atoms with Crippen LogP contribution in [0.5, 0.6) is 5.75 Å². The fourth-order valence-electron chi connectivity index (χ4n) is 4.60. The zero-order valence-corrected chi connectivity index (χ0v) is 18.6. The summed E-state index contributed by atoms with van der Waals surface area (Å²) in [6.45, 7) is 11.1. The zero-order chi connectivity index (χ0) is 21.1. The molecule has 2 aliphatic heterocycles. The van der Waals surface area contributed by atoms with Crippen molar-refractivity contribution in [3.63, 3.8) is 0 Å². The summed E-state index contributed by atoms with van der Waals surface area (Å²) in [5.74, 6) is 2.79. The molecule has 3 heterocycles. The molecule has 0 saturated carbocycles. The molecule has 4 rings (SSSR count). The van der Waals surface area contributed by atoms with Crippen LogP contribution in [-0.4, -0.2) is 87.0 Å². The average Bonchev–Trinajstić information content (AvgIpc) is 2.83. The topological polar surface area (TPSA) is 41.1 Å². The standard InChI is InChI=1S/C25H36N4O2/c1-2-8-24(9-3-1)31-20-19-30-18-17-27-12-6-7-23(21-27)22-28-13-15-29(16-14-28)25-10-4-5-11-26-25/h1-5,8-11,23H,6-7,12-22H2. The lowest BCUT2D eigenvalue weighted by atomic mass is 9.97. The highest BCUT2D eigenvalue weighted by molar-refractivity contribution is 5.38. The van der Waals surface area contributed by atoms with E-state index in [9.17, 15) is 0 Å². The Morgan fingerprint density at radius 2 is 1.68 bits per heavy atom. The van der Waals surface area contributed by atoms with Gasteiger partial charge in [-0.3, -0.25) is 4.90 Å². The fourth-order valence-corrected chi connectivity index (χ4v) is 4.60. The van der Waals surface area contributed by atoms with E-state index in [1.165, 1.54) is 32.5 Å². The third-order valence-corrected chi connectivity index (χ3v) is 6.26. The number of piperidine rings is 1. The predicted octanol–water partition coefficient (Wildman–Crippen LogP) is 3.01. The summed E-state index contributed by atoms with van der Waals surface area (Å²) in [4.78, 5) is 12.1. The average molecular weight is 425 g/mol. The maximum atomic E-state index is 5.81. The van der Waals surface area contributed by atoms with Gasteiger partial charge in [0, 0.05) is 52.0 Å². The summed E-state index contributed by atoms with van der Waals surface area (Å²) < 4.78 is 11.5. The van der Waals surface area contributed by atoms with Gasteiger partial charge < -0.3 is 19.3 Å². The van der Waals surface area contributed by atoms with Crippen molar-refractivity contribution in [3.8, 4) is 5.75 Å². The van der Waals surface area contributed by atoms with E-state index < -0.39 is 0 Å². The number of para-hydroxylation sites is 1. The van der Waals surface area contributed by atoms with E-state index in [2.05, 4.69) is 31.8 Å². The molecule has 2 aromatic rings. The molecule has 31 heavy (non-hydrogen) atoms. The van der Waals surface area contributed by atoms with Gasteiger partial charge in [0.25, 0.3) is 0 Å². The maximum Gasteiger partial charge on any atom is 0.128 e. The Labute approximate surface area is 186 Å². The first-order valence-electron chi connectivity index (χ1n) is 11.7. The quantitative estimate of drug-likeness (QED) is 0.546. The van der Waals surface area contributed by atoms with Gasteiger partial charge in [0.1, 0.15) is 18.2 Å². The first-order chi connectivity index (χ1) is 15.4. The molecule has 0 aliphatic carbocycles. The highest BCUT2D eigenvalue weighted by Gasteiger charge is 2.24. The lowest BCUT2D eigenvalue weighted by Gasteiger charge is -2.39. The molecule has 1 unspecified atom stereocenters. The van der Waals surface area contributed by atoms with Gasteiger partial charge >= 0.3 is 0 Å². The first-order valence-corrected chi connectivity index (χ1v) is 11.7. The van der Waals surface area contributed by atoms with Gasteiger partial charge in [0.05, 0.1) is 13.2 Å². The number of benzene rings is 1. The zero-order valence-electron chi connectivity index (χ0n) is 18.6. The number of hydrogen-bond donors (Lipinski definition) is 0. The van der Waals surface area contributed by atoms with Gasteiger partial charge in [-0.25, -0.2) is 4.98 Å². The normalized spacial score (nSPS) is 20.6. The van der Waals surface area contributed by atoms with Crippen molar-refractivity contribution >= 4 is 5.82 Å². The van der Waals surface area contributed by atoms with Crippen LogP contribution in [0.2, 0.25) is 0 Å². The molecule has 0 bridgehead atoms. The number of rotatable bonds is 10. The highest BCUT2D eigenvalue weighted by atomic mass is 16.5. The van der Waals surface area contributed by atoms with Crippen molar-refractivity contribution in [1.82, 2.24) is 14.8 Å². The lowest BCUT2D eigenvalue weighted by molar-refractivity contribution is 0.0617. The van der Waals surface area contributed by atoms with Gasteiger partial charge in [0.15, 0.2) is 0 Å². The number of anilines is 1. The van der Waals surface area contributed by atoms with E-state index >= 15 is 0 Å². The molecular weight excluding hydrogens is 388 g/mol. The van der Waals surface area contributed by atoms with Crippen molar-refractivity contribution in [2.45, 2.75) is 12.8 Å². The molecule has 2 fully saturated rings. The molecule has 6 nitrogen and oxygen atoms in total. The van der Waals surface area contributed by atoms with Gasteiger partial charge in [-0.2, -0.15) is 0 Å². The van der Waals surface area contributed by atoms with E-state index in [0.29, 0.717) is 13.2 Å². The van der Waals surface area contributed by atoms with Crippen LogP contribution in [0.15, 0.2) is 54.7 Å². The number of ether oxygens (including phenoxy) is 2. The summed E-state index contributed by atoms with van der Waals surface area (Å²) in [7, 11) is 0. The molecule has 2 aliphatic rings. The molecular formula is C25H36N4O2. The Bertz CT molecular complexity index is 738. The molecule has 168 valence electrons. The van der Waals surface area contributed by atoms with E-state index in [1.54, 1.807) is 0 Å². The van der Waals surface area contributed by atoms with E-state index in [0.717, 1.165) is 56.8 Å². The number of nitrogens with zero attached hydrogens (tertiary/aromatic N) is 4. The van der Waals surface area contributed by atoms with Crippen LogP contribution in [0.3, 0.4) is 0 Å². The summed E-state index contributed by atoms with van der Waals surface area (Å²) in [5, 5.41) is 0. The summed E-state index contributed by atoms with van der Waals surface area (Å²) in [6.07, 6.45) is 4.54. The molecule has 6 heteroatoms. The van der Waals surface area contributed by atoms with Gasteiger partial charge in [0.2, 0.25) is 0 Å². The van der Waals surface area contributed by atoms with Crippen molar-refractivity contribution < 1.29 is 9.47 Å². The number of piperazine rings is 1. The molecule has 0 N–H and O–H groups in total. The largest absolute Gasteiger partial charge is 0.491 e. The van der Waals surface area contributed by atoms with Crippen molar-refractivity contribution in [2.75, 3.05) is 77.1 Å². The second kappa shape index (κ2) is 12.0. The predicted molar refractivity (Wildman–Crippen MR) is 125 cm³/mol. The van der Waals surface area contributed by atoms with E-state index in [-0.39, 0.29) is 0 Å². The van der Waals surface area contributed by atoms with Crippen LogP contribution in [0.1, 0.15) is 12.8 Å². The van der Waals surface area contributed by atoms with Crippen LogP contribution in [0.25, 0.3) is 0 Å². The smallest absolute Gasteiger partial charge is 0.128 e. The summed E-state index contributed by atoms with van der Waals surface area (Å²) in [5.41, 5.74) is 0. The van der Waals surface area contributed by atoms with Crippen LogP contribution < -0.4 is 9.64 Å². The number of pyridine rings is 1. The first kappa shape index (κ1) is 22.1. The second-order valence-corrected chi connectivity index (χ2v) is 8.56. The minimum absolute atomic E-state index is 0.608. The molecule has 1 atom stereocenters. The van der Waals surface area contributed by atoms with Crippen LogP contribution in [0, 0.1) is 5.92 Å². The fraction of sp³-hybridized carbons (Fsp3) is 0.560. The SMILES string of the molecule is c1ccc(OCCOCCN2CCCC(CN3CCN(c4ccccn4)CC3)C2)cc1. The minimum atomic E-state index is 0.608. The van der Waals surface area contributed by atoms with Crippen LogP contribution in [0.4, 0.5) is 5.82 Å².